The smallest absolute Gasteiger partial charge is 0.335 e. The quantitative estimate of drug-likeness (QED) is 0.595. The number of aromatic carboxylic acids is 1. The number of benzene rings is 1. The predicted molar refractivity (Wildman–Crippen MR) is 46.7 cm³/mol. The summed E-state index contributed by atoms with van der Waals surface area (Å²) in [6.07, 6.45) is 1.83. The summed E-state index contributed by atoms with van der Waals surface area (Å²) in [6.45, 7) is 0.510. The largest absolute Gasteiger partial charge is 0.478 e. The molecule has 1 aromatic carbocycles. The molecule has 0 atom stereocenters. The minimum Gasteiger partial charge on any atom is -0.478 e. The van der Waals surface area contributed by atoms with E-state index >= 15 is 0 Å². The fraction of sp³-hybridized carbons (Fsp3) is 0.111. The van der Waals surface area contributed by atoms with Crippen molar-refractivity contribution in [1.29, 1.82) is 0 Å². The first-order chi connectivity index (χ1) is 6.27. The van der Waals surface area contributed by atoms with Gasteiger partial charge in [0.05, 0.1) is 10.9 Å². The normalized spacial score (nSPS) is 13.2. The van der Waals surface area contributed by atoms with Gasteiger partial charge in [-0.25, -0.2) is 4.79 Å². The molecule has 1 heterocycles. The van der Waals surface area contributed by atoms with E-state index in [1.54, 1.807) is 18.2 Å². The van der Waals surface area contributed by atoms with Crippen molar-refractivity contribution < 1.29 is 9.90 Å². The van der Waals surface area contributed by atoms with E-state index in [0.717, 1.165) is 10.6 Å². The molecule has 0 bridgehead atoms. The van der Waals surface area contributed by atoms with Crippen LogP contribution in [-0.4, -0.2) is 17.7 Å². The highest BCUT2D eigenvalue weighted by Gasteiger charge is 2.02. The van der Waals surface area contributed by atoms with E-state index in [1.807, 2.05) is 6.20 Å². The lowest BCUT2D eigenvalue weighted by Crippen LogP contribution is -2.33. The van der Waals surface area contributed by atoms with Gasteiger partial charge in [0.25, 0.3) is 0 Å². The molecule has 13 heavy (non-hydrogen) atoms. The Labute approximate surface area is 74.2 Å². The molecule has 1 aromatic rings. The number of hydrogen-bond donors (Lipinski definition) is 2. The van der Waals surface area contributed by atoms with Gasteiger partial charge in [-0.15, -0.1) is 0 Å². The number of carboxylic acids is 1. The van der Waals surface area contributed by atoms with Gasteiger partial charge in [0.15, 0.2) is 0 Å². The van der Waals surface area contributed by atoms with Crippen molar-refractivity contribution in [3.63, 3.8) is 0 Å². The number of nitrogens with one attached hydrogen (secondary N) is 1. The van der Waals surface area contributed by atoms with Gasteiger partial charge < -0.3 is 10.4 Å². The minimum atomic E-state index is -0.920. The fourth-order valence-corrected chi connectivity index (χ4v) is 1.22. The highest BCUT2D eigenvalue weighted by molar-refractivity contribution is 5.87. The Balaban J connectivity index is 2.67. The SMILES string of the molecule is O=C(O)c1ccc2c(c1)=NCNC=2. The number of carboxylic acid groups (broad SMARTS) is 1. The van der Waals surface area contributed by atoms with Crippen LogP contribution in [0.15, 0.2) is 23.2 Å². The third-order valence-electron chi connectivity index (χ3n) is 1.88. The average molecular weight is 176 g/mol. The first kappa shape index (κ1) is 7.79. The molecule has 4 heteroatoms. The van der Waals surface area contributed by atoms with Gasteiger partial charge in [0.1, 0.15) is 6.67 Å². The van der Waals surface area contributed by atoms with Crippen LogP contribution in [0, 0.1) is 0 Å². The van der Waals surface area contributed by atoms with Gasteiger partial charge in [0.2, 0.25) is 0 Å². The van der Waals surface area contributed by atoms with E-state index in [1.165, 1.54) is 0 Å². The van der Waals surface area contributed by atoms with Crippen LogP contribution in [0.5, 0.6) is 0 Å². The van der Waals surface area contributed by atoms with Crippen LogP contribution < -0.4 is 15.9 Å². The molecule has 0 saturated carbocycles. The molecule has 0 fully saturated rings. The fourth-order valence-electron chi connectivity index (χ4n) is 1.22. The molecule has 0 spiro atoms. The third-order valence-corrected chi connectivity index (χ3v) is 1.88. The first-order valence-electron chi connectivity index (χ1n) is 3.89. The third kappa shape index (κ3) is 1.38. The van der Waals surface area contributed by atoms with Crippen LogP contribution in [0.4, 0.5) is 0 Å². The maximum Gasteiger partial charge on any atom is 0.335 e. The summed E-state index contributed by atoms with van der Waals surface area (Å²) in [5.41, 5.74) is 0.276. The summed E-state index contributed by atoms with van der Waals surface area (Å²) in [5.74, 6) is -0.920. The minimum absolute atomic E-state index is 0.276. The van der Waals surface area contributed by atoms with Crippen LogP contribution in [0.25, 0.3) is 6.20 Å². The Morgan fingerprint density at radius 2 is 2.38 bits per heavy atom. The summed E-state index contributed by atoms with van der Waals surface area (Å²) in [4.78, 5) is 14.7. The van der Waals surface area contributed by atoms with E-state index in [-0.39, 0.29) is 5.56 Å². The molecule has 0 aliphatic carbocycles. The second-order valence-electron chi connectivity index (χ2n) is 2.74. The lowest BCUT2D eigenvalue weighted by Gasteiger charge is -2.02. The first-order valence-corrected chi connectivity index (χ1v) is 3.89. The summed E-state index contributed by atoms with van der Waals surface area (Å²) in [5, 5.41) is 13.3. The maximum atomic E-state index is 10.6. The zero-order valence-corrected chi connectivity index (χ0v) is 6.82. The Kier molecular flexibility index (Phi) is 1.73. The van der Waals surface area contributed by atoms with Crippen molar-refractivity contribution in [3.05, 3.63) is 34.3 Å². The van der Waals surface area contributed by atoms with Crippen molar-refractivity contribution in [3.8, 4) is 0 Å². The summed E-state index contributed by atoms with van der Waals surface area (Å²) >= 11 is 0. The highest BCUT2D eigenvalue weighted by atomic mass is 16.4. The van der Waals surface area contributed by atoms with E-state index in [9.17, 15) is 4.79 Å². The molecule has 4 nitrogen and oxygen atoms in total. The average Bonchev–Trinajstić information content (AvgIpc) is 2.17. The van der Waals surface area contributed by atoms with E-state index in [4.69, 9.17) is 5.11 Å². The van der Waals surface area contributed by atoms with Crippen LogP contribution in [0.1, 0.15) is 10.4 Å². The Morgan fingerprint density at radius 1 is 1.54 bits per heavy atom. The van der Waals surface area contributed by atoms with Gasteiger partial charge in [0, 0.05) is 11.4 Å². The van der Waals surface area contributed by atoms with Crippen molar-refractivity contribution in [2.45, 2.75) is 0 Å². The van der Waals surface area contributed by atoms with Crippen molar-refractivity contribution in [2.24, 2.45) is 4.99 Å². The molecular weight excluding hydrogens is 168 g/mol. The van der Waals surface area contributed by atoms with E-state index in [0.29, 0.717) is 6.67 Å². The van der Waals surface area contributed by atoms with E-state index in [2.05, 4.69) is 10.3 Å². The monoisotopic (exact) mass is 176 g/mol. The topological polar surface area (TPSA) is 61.7 Å². The van der Waals surface area contributed by atoms with Gasteiger partial charge >= 0.3 is 5.97 Å². The number of rotatable bonds is 1. The molecule has 0 aromatic heterocycles. The summed E-state index contributed by atoms with van der Waals surface area (Å²) < 4.78 is 0. The van der Waals surface area contributed by atoms with Crippen molar-refractivity contribution in [1.82, 2.24) is 5.32 Å². The zero-order valence-electron chi connectivity index (χ0n) is 6.82. The Morgan fingerprint density at radius 3 is 3.15 bits per heavy atom. The summed E-state index contributed by atoms with van der Waals surface area (Å²) in [6, 6.07) is 4.89. The molecular formula is C9H8N2O2. The molecule has 0 radical (unpaired) electrons. The zero-order chi connectivity index (χ0) is 9.26. The number of hydrogen-bond acceptors (Lipinski definition) is 3. The second kappa shape index (κ2) is 2.90. The van der Waals surface area contributed by atoms with Crippen molar-refractivity contribution in [2.75, 3.05) is 6.67 Å². The van der Waals surface area contributed by atoms with Crippen LogP contribution in [0.3, 0.4) is 0 Å². The predicted octanol–water partition coefficient (Wildman–Crippen LogP) is -0.697. The van der Waals surface area contributed by atoms with Crippen LogP contribution >= 0.6 is 0 Å². The molecule has 1 aliphatic heterocycles. The lowest BCUT2D eigenvalue weighted by atomic mass is 10.2. The molecule has 1 aliphatic rings. The highest BCUT2D eigenvalue weighted by Crippen LogP contribution is 1.91. The molecule has 0 saturated heterocycles. The summed E-state index contributed by atoms with van der Waals surface area (Å²) in [7, 11) is 0. The van der Waals surface area contributed by atoms with Gasteiger partial charge in [-0.3, -0.25) is 4.99 Å². The van der Waals surface area contributed by atoms with Gasteiger partial charge in [-0.1, -0.05) is 6.07 Å². The molecule has 66 valence electrons. The van der Waals surface area contributed by atoms with E-state index < -0.39 is 5.97 Å². The van der Waals surface area contributed by atoms with Gasteiger partial charge in [-0.05, 0) is 12.1 Å². The molecule has 2 rings (SSSR count). The molecule has 2 N–H and O–H groups in total. The second-order valence-corrected chi connectivity index (χ2v) is 2.74. The Hall–Kier alpha value is -1.84. The number of fused-ring (bicyclic) bond motifs is 1. The van der Waals surface area contributed by atoms with Crippen molar-refractivity contribution >= 4 is 12.2 Å². The van der Waals surface area contributed by atoms with Crippen LogP contribution in [0.2, 0.25) is 0 Å². The number of carbonyl (C=O) groups is 1. The number of nitrogens with zero attached hydrogens (tertiary/aromatic N) is 1. The lowest BCUT2D eigenvalue weighted by molar-refractivity contribution is 0.0696. The standard InChI is InChI=1S/C9H8N2O2/c12-9(13)6-1-2-7-4-10-5-11-8(7)3-6/h1-4,10H,5H2,(H,12,13). The Bertz CT molecular complexity index is 465. The van der Waals surface area contributed by atoms with Crippen LogP contribution in [-0.2, 0) is 0 Å². The van der Waals surface area contributed by atoms with Gasteiger partial charge in [-0.2, -0.15) is 0 Å². The molecule has 0 unspecified atom stereocenters. The molecule has 0 amide bonds. The maximum absolute atomic E-state index is 10.6.